The van der Waals surface area contributed by atoms with Gasteiger partial charge < -0.3 is 0 Å². The third-order valence-electron chi connectivity index (χ3n) is 4.20. The Hall–Kier alpha value is -0.580. The highest BCUT2D eigenvalue weighted by molar-refractivity contribution is 5.82. The molecule has 0 aromatic rings. The molecule has 2 aliphatic carbocycles. The lowest BCUT2D eigenvalue weighted by Crippen LogP contribution is -2.43. The van der Waals surface area contributed by atoms with Crippen LogP contribution in [0.25, 0.3) is 0 Å². The van der Waals surface area contributed by atoms with Crippen molar-refractivity contribution in [1.82, 2.24) is 4.90 Å². The van der Waals surface area contributed by atoms with Gasteiger partial charge in [-0.2, -0.15) is 13.2 Å². The van der Waals surface area contributed by atoms with E-state index in [1.165, 1.54) is 4.90 Å². The van der Waals surface area contributed by atoms with Crippen molar-refractivity contribution in [3.8, 4) is 0 Å². The number of Topliss-reactive ketones (excluding diaryl/α,β-unsaturated/α-hetero) is 1. The van der Waals surface area contributed by atoms with Crippen LogP contribution < -0.4 is 0 Å². The molecule has 0 aliphatic heterocycles. The average molecular weight is 277 g/mol. The molecule has 1 atom stereocenters. The Morgan fingerprint density at radius 2 is 1.95 bits per heavy atom. The van der Waals surface area contributed by atoms with Crippen LogP contribution in [0.15, 0.2) is 0 Å². The molecule has 0 radical (unpaired) electrons. The topological polar surface area (TPSA) is 20.3 Å². The predicted molar refractivity (Wildman–Crippen MR) is 66.8 cm³/mol. The second-order valence-electron chi connectivity index (χ2n) is 6.81. The van der Waals surface area contributed by atoms with Gasteiger partial charge in [0.15, 0.2) is 0 Å². The van der Waals surface area contributed by atoms with E-state index in [9.17, 15) is 18.0 Å². The second-order valence-corrected chi connectivity index (χ2v) is 6.81. The number of ketones is 1. The first-order valence-electron chi connectivity index (χ1n) is 7.00. The van der Waals surface area contributed by atoms with Gasteiger partial charge >= 0.3 is 6.18 Å². The van der Waals surface area contributed by atoms with E-state index in [2.05, 4.69) is 13.8 Å². The van der Waals surface area contributed by atoms with E-state index < -0.39 is 12.7 Å². The summed E-state index contributed by atoms with van der Waals surface area (Å²) in [5.74, 6) is -0.0705. The Morgan fingerprint density at radius 3 is 2.47 bits per heavy atom. The minimum atomic E-state index is -4.17. The second kappa shape index (κ2) is 5.08. The summed E-state index contributed by atoms with van der Waals surface area (Å²) in [4.78, 5) is 13.4. The number of nitrogens with zero attached hydrogens (tertiary/aromatic N) is 1. The largest absolute Gasteiger partial charge is 0.401 e. The summed E-state index contributed by atoms with van der Waals surface area (Å²) in [6.45, 7) is 3.60. The summed E-state index contributed by atoms with van der Waals surface area (Å²) < 4.78 is 37.7. The summed E-state index contributed by atoms with van der Waals surface area (Å²) in [6.07, 6.45) is -0.420. The maximum atomic E-state index is 12.6. The molecule has 5 heteroatoms. The lowest BCUT2D eigenvalue weighted by atomic mass is 9.71. The van der Waals surface area contributed by atoms with Crippen molar-refractivity contribution in [2.24, 2.45) is 11.3 Å². The van der Waals surface area contributed by atoms with Gasteiger partial charge in [-0.15, -0.1) is 0 Å². The van der Waals surface area contributed by atoms with Crippen molar-refractivity contribution in [2.45, 2.75) is 58.2 Å². The minimum Gasteiger partial charge on any atom is -0.299 e. The molecule has 1 unspecified atom stereocenters. The smallest absolute Gasteiger partial charge is 0.299 e. The Labute approximate surface area is 112 Å². The summed E-state index contributed by atoms with van der Waals surface area (Å²) in [5, 5.41) is 0. The van der Waals surface area contributed by atoms with Crippen molar-refractivity contribution in [1.29, 1.82) is 0 Å². The molecular weight excluding hydrogens is 255 g/mol. The predicted octanol–water partition coefficient (Wildman–Crippen LogP) is 3.41. The Morgan fingerprint density at radius 1 is 1.32 bits per heavy atom. The van der Waals surface area contributed by atoms with Gasteiger partial charge in [0.25, 0.3) is 0 Å². The molecule has 0 aromatic carbocycles. The monoisotopic (exact) mass is 277 g/mol. The van der Waals surface area contributed by atoms with Gasteiger partial charge in [-0.25, -0.2) is 0 Å². The van der Waals surface area contributed by atoms with Gasteiger partial charge in [-0.3, -0.25) is 9.69 Å². The maximum Gasteiger partial charge on any atom is 0.401 e. The van der Waals surface area contributed by atoms with Crippen LogP contribution in [0, 0.1) is 11.3 Å². The molecule has 0 heterocycles. The molecule has 0 saturated heterocycles. The zero-order chi connectivity index (χ0) is 14.3. The molecule has 0 aromatic heterocycles. The standard InChI is InChI=1S/C14H22F3NO/c1-13(2)6-5-12(19)10(7-13)8-18(11-3-4-11)9-14(15,16)17/h10-11H,3-9H2,1-2H3. The zero-order valence-electron chi connectivity index (χ0n) is 11.6. The van der Waals surface area contributed by atoms with Gasteiger partial charge in [-0.1, -0.05) is 13.8 Å². The molecular formula is C14H22F3NO. The molecule has 110 valence electrons. The molecule has 0 amide bonds. The fourth-order valence-electron chi connectivity index (χ4n) is 3.01. The highest BCUT2D eigenvalue weighted by atomic mass is 19.4. The molecule has 2 nitrogen and oxygen atoms in total. The molecule has 19 heavy (non-hydrogen) atoms. The van der Waals surface area contributed by atoms with Crippen LogP contribution in [0.2, 0.25) is 0 Å². The van der Waals surface area contributed by atoms with Gasteiger partial charge in [0.1, 0.15) is 5.78 Å². The first-order chi connectivity index (χ1) is 8.66. The third kappa shape index (κ3) is 4.48. The zero-order valence-corrected chi connectivity index (χ0v) is 11.6. The van der Waals surface area contributed by atoms with Gasteiger partial charge in [-0.05, 0) is 31.1 Å². The Balaban J connectivity index is 1.98. The van der Waals surface area contributed by atoms with Crippen LogP contribution in [0.3, 0.4) is 0 Å². The maximum absolute atomic E-state index is 12.6. The fraction of sp³-hybridized carbons (Fsp3) is 0.929. The van der Waals surface area contributed by atoms with Crippen LogP contribution in [0.4, 0.5) is 13.2 Å². The van der Waals surface area contributed by atoms with E-state index >= 15 is 0 Å². The highest BCUT2D eigenvalue weighted by Crippen LogP contribution is 2.39. The molecule has 0 bridgehead atoms. The van der Waals surface area contributed by atoms with Crippen molar-refractivity contribution in [2.75, 3.05) is 13.1 Å². The van der Waals surface area contributed by atoms with Crippen LogP contribution in [-0.2, 0) is 4.79 Å². The number of alkyl halides is 3. The number of hydrogen-bond donors (Lipinski definition) is 0. The Kier molecular flexibility index (Phi) is 3.96. The van der Waals surface area contributed by atoms with Crippen molar-refractivity contribution in [3.63, 3.8) is 0 Å². The number of rotatable bonds is 4. The number of halogens is 3. The van der Waals surface area contributed by atoms with E-state index in [-0.39, 0.29) is 29.7 Å². The molecule has 0 spiro atoms. The molecule has 2 fully saturated rings. The van der Waals surface area contributed by atoms with Crippen molar-refractivity contribution < 1.29 is 18.0 Å². The minimum absolute atomic E-state index is 0.0412. The van der Waals surface area contributed by atoms with E-state index in [4.69, 9.17) is 0 Å². The van der Waals surface area contributed by atoms with E-state index in [1.807, 2.05) is 0 Å². The number of hydrogen-bond acceptors (Lipinski definition) is 2. The number of carbonyl (C=O) groups is 1. The van der Waals surface area contributed by atoms with Gasteiger partial charge in [0, 0.05) is 24.9 Å². The molecule has 2 aliphatic rings. The van der Waals surface area contributed by atoms with Crippen molar-refractivity contribution in [3.05, 3.63) is 0 Å². The quantitative estimate of drug-likeness (QED) is 0.785. The fourth-order valence-corrected chi connectivity index (χ4v) is 3.01. The lowest BCUT2D eigenvalue weighted by molar-refractivity contribution is -0.151. The summed E-state index contributed by atoms with van der Waals surface area (Å²) >= 11 is 0. The van der Waals surface area contributed by atoms with Crippen LogP contribution in [0.1, 0.15) is 46.0 Å². The highest BCUT2D eigenvalue weighted by Gasteiger charge is 2.41. The normalized spacial score (nSPS) is 27.9. The summed E-state index contributed by atoms with van der Waals surface area (Å²) in [5.41, 5.74) is 0.0754. The first kappa shape index (κ1) is 14.8. The molecule has 0 N–H and O–H groups in total. The summed E-state index contributed by atoms with van der Waals surface area (Å²) in [6, 6.07) is 0.0412. The Bertz CT molecular complexity index is 347. The third-order valence-corrected chi connectivity index (χ3v) is 4.20. The lowest BCUT2D eigenvalue weighted by Gasteiger charge is -2.37. The molecule has 2 rings (SSSR count). The average Bonchev–Trinajstić information content (AvgIpc) is 3.04. The van der Waals surface area contributed by atoms with Crippen LogP contribution in [0.5, 0.6) is 0 Å². The first-order valence-corrected chi connectivity index (χ1v) is 7.00. The molecule has 2 saturated carbocycles. The van der Waals surface area contributed by atoms with E-state index in [1.54, 1.807) is 0 Å². The van der Waals surface area contributed by atoms with E-state index in [0.717, 1.165) is 19.3 Å². The SMILES string of the molecule is CC1(C)CCC(=O)C(CN(CC(F)(F)F)C2CC2)C1. The number of carbonyl (C=O) groups excluding carboxylic acids is 1. The van der Waals surface area contributed by atoms with Crippen LogP contribution >= 0.6 is 0 Å². The summed E-state index contributed by atoms with van der Waals surface area (Å²) in [7, 11) is 0. The van der Waals surface area contributed by atoms with Gasteiger partial charge in [0.2, 0.25) is 0 Å². The van der Waals surface area contributed by atoms with Crippen molar-refractivity contribution >= 4 is 5.78 Å². The van der Waals surface area contributed by atoms with Crippen LogP contribution in [-0.4, -0.2) is 36.0 Å². The van der Waals surface area contributed by atoms with E-state index in [0.29, 0.717) is 12.8 Å². The van der Waals surface area contributed by atoms with Gasteiger partial charge in [0.05, 0.1) is 6.54 Å².